The van der Waals surface area contributed by atoms with Crippen molar-refractivity contribution < 1.29 is 0 Å². The average molecular weight is 300 g/mol. The number of fused-ring (bicyclic) bond motifs is 1. The van der Waals surface area contributed by atoms with E-state index in [0.29, 0.717) is 0 Å². The monoisotopic (exact) mass is 299 g/mol. The van der Waals surface area contributed by atoms with Crippen LogP contribution in [0.15, 0.2) is 42.5 Å². The van der Waals surface area contributed by atoms with Gasteiger partial charge in [-0.05, 0) is 42.3 Å². The maximum Gasteiger partial charge on any atom is 0.109 e. The summed E-state index contributed by atoms with van der Waals surface area (Å²) in [5.41, 5.74) is 10.00. The second-order valence-electron chi connectivity index (χ2n) is 5.16. The van der Waals surface area contributed by atoms with Gasteiger partial charge in [-0.15, -0.1) is 0 Å². The minimum atomic E-state index is 0.757. The van der Waals surface area contributed by atoms with Crippen molar-refractivity contribution in [3.8, 4) is 0 Å². The second kappa shape index (κ2) is 5.78. The van der Waals surface area contributed by atoms with Crippen LogP contribution < -0.4 is 5.73 Å². The van der Waals surface area contributed by atoms with E-state index in [-0.39, 0.29) is 0 Å². The first-order chi connectivity index (χ1) is 10.2. The van der Waals surface area contributed by atoms with Gasteiger partial charge in [0.1, 0.15) is 5.82 Å². The van der Waals surface area contributed by atoms with Gasteiger partial charge < -0.3 is 10.3 Å². The molecule has 0 atom stereocenters. The van der Waals surface area contributed by atoms with Gasteiger partial charge in [-0.1, -0.05) is 30.7 Å². The molecule has 0 radical (unpaired) electrons. The van der Waals surface area contributed by atoms with Gasteiger partial charge in [-0.3, -0.25) is 0 Å². The van der Waals surface area contributed by atoms with Crippen molar-refractivity contribution in [1.82, 2.24) is 9.55 Å². The molecule has 0 fully saturated rings. The van der Waals surface area contributed by atoms with Gasteiger partial charge >= 0.3 is 0 Å². The van der Waals surface area contributed by atoms with E-state index in [2.05, 4.69) is 34.7 Å². The highest BCUT2D eigenvalue weighted by Crippen LogP contribution is 2.20. The number of halogens is 1. The summed E-state index contributed by atoms with van der Waals surface area (Å²) in [4.78, 5) is 4.68. The Labute approximate surface area is 129 Å². The number of imidazole rings is 1. The number of nitrogens with two attached hydrogens (primary N) is 1. The van der Waals surface area contributed by atoms with Crippen LogP contribution in [-0.2, 0) is 19.4 Å². The van der Waals surface area contributed by atoms with Crippen molar-refractivity contribution in [2.45, 2.75) is 26.3 Å². The van der Waals surface area contributed by atoms with Gasteiger partial charge in [-0.25, -0.2) is 4.98 Å². The summed E-state index contributed by atoms with van der Waals surface area (Å²) in [6, 6.07) is 13.9. The Bertz CT molecular complexity index is 760. The van der Waals surface area contributed by atoms with Gasteiger partial charge in [-0.2, -0.15) is 0 Å². The van der Waals surface area contributed by atoms with Crippen molar-refractivity contribution in [1.29, 1.82) is 0 Å². The number of hydrogen-bond acceptors (Lipinski definition) is 2. The van der Waals surface area contributed by atoms with E-state index < -0.39 is 0 Å². The molecule has 2 N–H and O–H groups in total. The molecule has 0 aliphatic carbocycles. The van der Waals surface area contributed by atoms with Crippen molar-refractivity contribution in [3.05, 3.63) is 58.9 Å². The summed E-state index contributed by atoms with van der Waals surface area (Å²) in [5.74, 6) is 1.10. The topological polar surface area (TPSA) is 43.8 Å². The van der Waals surface area contributed by atoms with Crippen molar-refractivity contribution in [2.75, 3.05) is 5.73 Å². The van der Waals surface area contributed by atoms with Crippen LogP contribution in [-0.4, -0.2) is 9.55 Å². The summed E-state index contributed by atoms with van der Waals surface area (Å²) >= 11 is 5.92. The van der Waals surface area contributed by atoms with Crippen LogP contribution in [0.5, 0.6) is 0 Å². The van der Waals surface area contributed by atoms with Crippen LogP contribution in [0.2, 0.25) is 5.02 Å². The summed E-state index contributed by atoms with van der Waals surface area (Å²) < 4.78 is 2.28. The maximum atomic E-state index is 5.92. The lowest BCUT2D eigenvalue weighted by Crippen LogP contribution is -2.05. The number of nitrogen functional groups attached to an aromatic ring is 1. The number of nitrogens with zero attached hydrogens (tertiary/aromatic N) is 2. The Kier molecular flexibility index (Phi) is 3.84. The van der Waals surface area contributed by atoms with E-state index in [1.165, 1.54) is 5.56 Å². The number of aryl methyl sites for hydroxylation is 3. The van der Waals surface area contributed by atoms with Crippen molar-refractivity contribution in [3.63, 3.8) is 0 Å². The molecule has 21 heavy (non-hydrogen) atoms. The Morgan fingerprint density at radius 3 is 2.62 bits per heavy atom. The van der Waals surface area contributed by atoms with Crippen LogP contribution in [0.4, 0.5) is 5.69 Å². The number of hydrogen-bond donors (Lipinski definition) is 1. The molecular formula is C17H18ClN3. The fraction of sp³-hybridized carbons (Fsp3) is 0.235. The van der Waals surface area contributed by atoms with E-state index >= 15 is 0 Å². The summed E-state index contributed by atoms with van der Waals surface area (Å²) in [6.45, 7) is 3.04. The van der Waals surface area contributed by atoms with Gasteiger partial charge in [0.15, 0.2) is 0 Å². The van der Waals surface area contributed by atoms with Crippen LogP contribution in [0.1, 0.15) is 18.3 Å². The zero-order valence-electron chi connectivity index (χ0n) is 12.0. The minimum absolute atomic E-state index is 0.757. The fourth-order valence-corrected chi connectivity index (χ4v) is 2.73. The maximum absolute atomic E-state index is 5.92. The van der Waals surface area contributed by atoms with E-state index in [4.69, 9.17) is 17.3 Å². The molecule has 1 heterocycles. The van der Waals surface area contributed by atoms with Crippen LogP contribution >= 0.6 is 11.6 Å². The van der Waals surface area contributed by atoms with Gasteiger partial charge in [0.25, 0.3) is 0 Å². The number of rotatable bonds is 4. The second-order valence-corrected chi connectivity index (χ2v) is 5.59. The smallest absolute Gasteiger partial charge is 0.109 e. The molecule has 0 aliphatic rings. The molecule has 0 saturated carbocycles. The van der Waals surface area contributed by atoms with Gasteiger partial charge in [0.2, 0.25) is 0 Å². The Morgan fingerprint density at radius 2 is 1.90 bits per heavy atom. The van der Waals surface area contributed by atoms with E-state index in [1.54, 1.807) is 0 Å². The van der Waals surface area contributed by atoms with E-state index in [9.17, 15) is 0 Å². The summed E-state index contributed by atoms with van der Waals surface area (Å²) in [5, 5.41) is 0.775. The molecule has 1 aromatic heterocycles. The lowest BCUT2D eigenvalue weighted by molar-refractivity contribution is 0.674. The third kappa shape index (κ3) is 2.88. The Hall–Kier alpha value is -2.00. The van der Waals surface area contributed by atoms with Crippen molar-refractivity contribution >= 4 is 28.3 Å². The predicted molar refractivity (Wildman–Crippen MR) is 88.7 cm³/mol. The minimum Gasteiger partial charge on any atom is -0.399 e. The molecule has 0 saturated heterocycles. The highest BCUT2D eigenvalue weighted by Gasteiger charge is 2.09. The van der Waals surface area contributed by atoms with Gasteiger partial charge in [0.05, 0.1) is 11.0 Å². The molecule has 0 amide bonds. The highest BCUT2D eigenvalue weighted by molar-refractivity contribution is 6.30. The van der Waals surface area contributed by atoms with Crippen LogP contribution in [0.3, 0.4) is 0 Å². The molecule has 0 spiro atoms. The third-order valence-corrected chi connectivity index (χ3v) is 3.96. The molecule has 0 unspecified atom stereocenters. The average Bonchev–Trinajstić information content (AvgIpc) is 2.83. The van der Waals surface area contributed by atoms with E-state index in [0.717, 1.165) is 47.0 Å². The quantitative estimate of drug-likeness (QED) is 0.738. The number of benzene rings is 2. The van der Waals surface area contributed by atoms with Crippen LogP contribution in [0, 0.1) is 0 Å². The molecule has 3 aromatic rings. The van der Waals surface area contributed by atoms with Crippen molar-refractivity contribution in [2.24, 2.45) is 0 Å². The highest BCUT2D eigenvalue weighted by atomic mass is 35.5. The molecule has 3 rings (SSSR count). The Morgan fingerprint density at radius 1 is 1.14 bits per heavy atom. The number of anilines is 1. The first-order valence-electron chi connectivity index (χ1n) is 7.16. The van der Waals surface area contributed by atoms with Crippen LogP contribution in [0.25, 0.3) is 11.0 Å². The third-order valence-electron chi connectivity index (χ3n) is 3.70. The summed E-state index contributed by atoms with van der Waals surface area (Å²) in [7, 11) is 0. The molecule has 0 bridgehead atoms. The first kappa shape index (κ1) is 14.0. The zero-order valence-corrected chi connectivity index (χ0v) is 12.8. The molecule has 3 nitrogen and oxygen atoms in total. The molecular weight excluding hydrogens is 282 g/mol. The van der Waals surface area contributed by atoms with Gasteiger partial charge in [0, 0.05) is 23.7 Å². The predicted octanol–water partition coefficient (Wildman–Crippen LogP) is 4.08. The first-order valence-corrected chi connectivity index (χ1v) is 7.54. The largest absolute Gasteiger partial charge is 0.399 e. The standard InChI is InChI=1S/C17H18ClN3/c1-2-17-20-15-11-14(19)7-8-16(15)21(17)10-9-12-3-5-13(18)6-4-12/h3-8,11H,2,9-10,19H2,1H3. The zero-order chi connectivity index (χ0) is 14.8. The Balaban J connectivity index is 1.90. The molecule has 4 heteroatoms. The molecule has 2 aromatic carbocycles. The molecule has 0 aliphatic heterocycles. The normalized spacial score (nSPS) is 11.1. The summed E-state index contributed by atoms with van der Waals surface area (Å²) in [6.07, 6.45) is 1.87. The molecule has 108 valence electrons. The fourth-order valence-electron chi connectivity index (χ4n) is 2.61. The number of aromatic nitrogens is 2. The van der Waals surface area contributed by atoms with E-state index in [1.807, 2.05) is 24.3 Å². The lowest BCUT2D eigenvalue weighted by Gasteiger charge is -2.08. The lowest BCUT2D eigenvalue weighted by atomic mass is 10.1. The SMILES string of the molecule is CCc1nc2cc(N)ccc2n1CCc1ccc(Cl)cc1.